The molecule has 4 nitrogen and oxygen atoms in total. The van der Waals surface area contributed by atoms with E-state index in [4.69, 9.17) is 11.6 Å². The van der Waals surface area contributed by atoms with Crippen LogP contribution in [0.3, 0.4) is 0 Å². The highest BCUT2D eigenvalue weighted by Gasteiger charge is 2.43. The number of carbonyl (C=O) groups excluding carboxylic acids is 2. The van der Waals surface area contributed by atoms with Crippen LogP contribution in [0.4, 0.5) is 5.69 Å². The largest absolute Gasteiger partial charge is 0.337 e. The van der Waals surface area contributed by atoms with Gasteiger partial charge in [0.25, 0.3) is 0 Å². The fraction of sp³-hybridized carbons (Fsp3) is 0.556. The zero-order chi connectivity index (χ0) is 16.8. The molecule has 0 aromatic heterocycles. The topological polar surface area (TPSA) is 40.6 Å². The molecule has 2 saturated heterocycles. The van der Waals surface area contributed by atoms with Gasteiger partial charge in [0.05, 0.1) is 5.92 Å². The predicted molar refractivity (Wildman–Crippen MR) is 91.7 cm³/mol. The summed E-state index contributed by atoms with van der Waals surface area (Å²) in [6.07, 6.45) is 2.35. The minimum Gasteiger partial charge on any atom is -0.337 e. The Kier molecular flexibility index (Phi) is 4.13. The van der Waals surface area contributed by atoms with Crippen molar-refractivity contribution < 1.29 is 9.59 Å². The summed E-state index contributed by atoms with van der Waals surface area (Å²) in [4.78, 5) is 29.0. The number of anilines is 1. The second-order valence-electron chi connectivity index (χ2n) is 7.24. The van der Waals surface area contributed by atoms with Gasteiger partial charge in [-0.05, 0) is 51.3 Å². The summed E-state index contributed by atoms with van der Waals surface area (Å²) in [5.41, 5.74) is 1.72. The highest BCUT2D eigenvalue weighted by atomic mass is 35.5. The van der Waals surface area contributed by atoms with Crippen LogP contribution < -0.4 is 4.90 Å². The zero-order valence-corrected chi connectivity index (χ0v) is 14.7. The van der Waals surface area contributed by atoms with Crippen LogP contribution in [0.5, 0.6) is 0 Å². The minimum atomic E-state index is -0.252. The van der Waals surface area contributed by atoms with Crippen LogP contribution in [0.2, 0.25) is 5.02 Å². The number of rotatable bonds is 2. The van der Waals surface area contributed by atoms with Crippen LogP contribution in [0.1, 0.15) is 38.7 Å². The van der Waals surface area contributed by atoms with Gasteiger partial charge in [-0.2, -0.15) is 0 Å². The molecule has 2 heterocycles. The quantitative estimate of drug-likeness (QED) is 0.831. The lowest BCUT2D eigenvalue weighted by Gasteiger charge is -2.33. The molecule has 0 radical (unpaired) electrons. The summed E-state index contributed by atoms with van der Waals surface area (Å²) in [6.45, 7) is 7.41. The third kappa shape index (κ3) is 2.97. The first-order chi connectivity index (χ1) is 10.8. The number of amides is 2. The summed E-state index contributed by atoms with van der Waals surface area (Å²) in [5, 5.41) is 0.605. The number of carbonyl (C=O) groups is 2. The van der Waals surface area contributed by atoms with Gasteiger partial charge in [0, 0.05) is 35.8 Å². The second-order valence-corrected chi connectivity index (χ2v) is 7.68. The standard InChI is InChI=1S/C18H23ClN2O2/c1-12-5-6-14(19)10-15(12)20-11-13(9-16(20)22)17(23)21-8-4-7-18(21,2)3/h5-6,10,13H,4,7-9,11H2,1-3H3. The molecule has 0 N–H and O–H groups in total. The maximum absolute atomic E-state index is 12.9. The molecule has 0 saturated carbocycles. The first kappa shape index (κ1) is 16.3. The molecular weight excluding hydrogens is 312 g/mol. The fourth-order valence-corrected chi connectivity index (χ4v) is 3.88. The zero-order valence-electron chi connectivity index (χ0n) is 13.9. The molecule has 2 aliphatic heterocycles. The van der Waals surface area contributed by atoms with Gasteiger partial charge < -0.3 is 9.80 Å². The molecule has 0 aliphatic carbocycles. The summed E-state index contributed by atoms with van der Waals surface area (Å²) >= 11 is 6.07. The van der Waals surface area contributed by atoms with Gasteiger partial charge in [-0.3, -0.25) is 9.59 Å². The van der Waals surface area contributed by atoms with Crippen molar-refractivity contribution in [3.05, 3.63) is 28.8 Å². The van der Waals surface area contributed by atoms with Gasteiger partial charge in [-0.15, -0.1) is 0 Å². The van der Waals surface area contributed by atoms with Gasteiger partial charge in [0.2, 0.25) is 11.8 Å². The van der Waals surface area contributed by atoms with Crippen molar-refractivity contribution in [2.24, 2.45) is 5.92 Å². The molecule has 1 aromatic rings. The summed E-state index contributed by atoms with van der Waals surface area (Å²) in [5.74, 6) is -0.132. The minimum absolute atomic E-state index is 0.00530. The number of aryl methyl sites for hydroxylation is 1. The second kappa shape index (κ2) is 5.82. The van der Waals surface area contributed by atoms with Crippen molar-refractivity contribution in [3.63, 3.8) is 0 Å². The molecule has 2 aliphatic rings. The number of benzene rings is 1. The van der Waals surface area contributed by atoms with Crippen molar-refractivity contribution in [1.29, 1.82) is 0 Å². The lowest BCUT2D eigenvalue weighted by molar-refractivity contribution is -0.138. The molecule has 2 fully saturated rings. The highest BCUT2D eigenvalue weighted by Crippen LogP contribution is 2.34. The van der Waals surface area contributed by atoms with Crippen molar-refractivity contribution in [1.82, 2.24) is 4.90 Å². The Morgan fingerprint density at radius 3 is 2.74 bits per heavy atom. The molecule has 1 atom stereocenters. The molecule has 124 valence electrons. The van der Waals surface area contributed by atoms with E-state index < -0.39 is 0 Å². The SMILES string of the molecule is Cc1ccc(Cl)cc1N1CC(C(=O)N2CCCC2(C)C)CC1=O. The monoisotopic (exact) mass is 334 g/mol. The first-order valence-corrected chi connectivity index (χ1v) is 8.55. The van der Waals surface area contributed by atoms with Crippen LogP contribution in [0.15, 0.2) is 18.2 Å². The predicted octanol–water partition coefficient (Wildman–Crippen LogP) is 3.40. The fourth-order valence-electron chi connectivity index (χ4n) is 3.72. The number of hydrogen-bond donors (Lipinski definition) is 0. The third-order valence-electron chi connectivity index (χ3n) is 5.10. The van der Waals surface area contributed by atoms with Crippen LogP contribution in [0.25, 0.3) is 0 Å². The molecular formula is C18H23ClN2O2. The Morgan fingerprint density at radius 1 is 1.35 bits per heavy atom. The highest BCUT2D eigenvalue weighted by molar-refractivity contribution is 6.31. The van der Waals surface area contributed by atoms with Crippen molar-refractivity contribution in [2.75, 3.05) is 18.0 Å². The Morgan fingerprint density at radius 2 is 2.09 bits per heavy atom. The summed E-state index contributed by atoms with van der Waals surface area (Å²) in [6, 6.07) is 5.53. The Balaban J connectivity index is 1.80. The molecule has 0 spiro atoms. The van der Waals surface area contributed by atoms with Crippen LogP contribution in [0, 0.1) is 12.8 Å². The van der Waals surface area contributed by atoms with Crippen molar-refractivity contribution in [2.45, 2.75) is 45.6 Å². The molecule has 1 aromatic carbocycles. The van der Waals surface area contributed by atoms with Crippen molar-refractivity contribution >= 4 is 29.1 Å². The van der Waals surface area contributed by atoms with E-state index >= 15 is 0 Å². The Bertz CT molecular complexity index is 656. The molecule has 1 unspecified atom stereocenters. The molecule has 3 rings (SSSR count). The number of halogens is 1. The van der Waals surface area contributed by atoms with E-state index in [9.17, 15) is 9.59 Å². The van der Waals surface area contributed by atoms with Crippen LogP contribution >= 0.6 is 11.6 Å². The van der Waals surface area contributed by atoms with Gasteiger partial charge in [-0.1, -0.05) is 17.7 Å². The molecule has 0 bridgehead atoms. The van der Waals surface area contributed by atoms with E-state index in [2.05, 4.69) is 13.8 Å². The smallest absolute Gasteiger partial charge is 0.228 e. The first-order valence-electron chi connectivity index (χ1n) is 8.17. The Hall–Kier alpha value is -1.55. The van der Waals surface area contributed by atoms with Gasteiger partial charge in [-0.25, -0.2) is 0 Å². The van der Waals surface area contributed by atoms with Gasteiger partial charge >= 0.3 is 0 Å². The maximum atomic E-state index is 12.9. The van der Waals surface area contributed by atoms with E-state index in [-0.39, 0.29) is 29.7 Å². The molecule has 2 amide bonds. The van der Waals surface area contributed by atoms with Crippen molar-refractivity contribution in [3.8, 4) is 0 Å². The third-order valence-corrected chi connectivity index (χ3v) is 5.34. The van der Waals surface area contributed by atoms with E-state index in [1.807, 2.05) is 24.0 Å². The lowest BCUT2D eigenvalue weighted by Crippen LogP contribution is -2.46. The van der Waals surface area contributed by atoms with E-state index in [1.165, 1.54) is 0 Å². The van der Waals surface area contributed by atoms with E-state index in [0.29, 0.717) is 11.6 Å². The summed E-state index contributed by atoms with van der Waals surface area (Å²) in [7, 11) is 0. The van der Waals surface area contributed by atoms with Crippen LogP contribution in [-0.2, 0) is 9.59 Å². The Labute approximate surface area is 142 Å². The van der Waals surface area contributed by atoms with Gasteiger partial charge in [0.1, 0.15) is 0 Å². The van der Waals surface area contributed by atoms with Gasteiger partial charge in [0.15, 0.2) is 0 Å². The van der Waals surface area contributed by atoms with E-state index in [1.54, 1.807) is 11.0 Å². The normalized spacial score (nSPS) is 23.7. The molecule has 23 heavy (non-hydrogen) atoms. The lowest BCUT2D eigenvalue weighted by atomic mass is 9.99. The number of hydrogen-bond acceptors (Lipinski definition) is 2. The average Bonchev–Trinajstić information content (AvgIpc) is 3.03. The average molecular weight is 335 g/mol. The maximum Gasteiger partial charge on any atom is 0.228 e. The molecule has 5 heteroatoms. The number of likely N-dealkylation sites (tertiary alicyclic amines) is 1. The summed E-state index contributed by atoms with van der Waals surface area (Å²) < 4.78 is 0. The van der Waals surface area contributed by atoms with E-state index in [0.717, 1.165) is 30.6 Å². The number of nitrogens with zero attached hydrogens (tertiary/aromatic N) is 2. The van der Waals surface area contributed by atoms with Crippen LogP contribution in [-0.4, -0.2) is 35.3 Å².